The van der Waals surface area contributed by atoms with E-state index in [9.17, 15) is 4.79 Å². The van der Waals surface area contributed by atoms with Gasteiger partial charge in [-0.3, -0.25) is 4.79 Å². The summed E-state index contributed by atoms with van der Waals surface area (Å²) in [4.78, 5) is 23.1. The van der Waals surface area contributed by atoms with Gasteiger partial charge in [0.05, 0.1) is 7.11 Å². The number of methoxy groups -OCH3 is 1. The molecular weight excluding hydrogens is 381 g/mol. The van der Waals surface area contributed by atoms with Gasteiger partial charge in [-0.15, -0.1) is 12.4 Å². The van der Waals surface area contributed by atoms with Crippen LogP contribution in [-0.2, 0) is 6.42 Å². The number of nitrogens with one attached hydrogen (secondary N) is 1. The summed E-state index contributed by atoms with van der Waals surface area (Å²) in [6, 6.07) is 7.67. The SMILES string of the molecule is COc1ccc(CCNc2nc(N)c(C(=O)N=C(N)N)nc2Cl)cc1.Cl. The van der Waals surface area contributed by atoms with Crippen LogP contribution in [0, 0.1) is 0 Å². The van der Waals surface area contributed by atoms with Crippen molar-refractivity contribution in [1.82, 2.24) is 9.97 Å². The first kappa shape index (κ1) is 21.3. The fourth-order valence-electron chi connectivity index (χ4n) is 1.99. The largest absolute Gasteiger partial charge is 0.497 e. The molecule has 11 heteroatoms. The number of carbonyl (C=O) groups excluding carboxylic acids is 1. The van der Waals surface area contributed by atoms with Gasteiger partial charge in [0.15, 0.2) is 28.4 Å². The number of anilines is 2. The van der Waals surface area contributed by atoms with Crippen LogP contribution in [0.3, 0.4) is 0 Å². The molecule has 0 atom stereocenters. The van der Waals surface area contributed by atoms with E-state index in [1.807, 2.05) is 24.3 Å². The van der Waals surface area contributed by atoms with Crippen molar-refractivity contribution < 1.29 is 9.53 Å². The molecule has 0 aliphatic rings. The molecule has 1 aromatic heterocycles. The van der Waals surface area contributed by atoms with Crippen molar-refractivity contribution in [2.24, 2.45) is 16.5 Å². The van der Waals surface area contributed by atoms with E-state index < -0.39 is 11.9 Å². The normalized spacial score (nSPS) is 9.77. The van der Waals surface area contributed by atoms with Gasteiger partial charge in [-0.05, 0) is 24.1 Å². The van der Waals surface area contributed by atoms with Gasteiger partial charge in [-0.25, -0.2) is 9.97 Å². The van der Waals surface area contributed by atoms with Crippen LogP contribution in [0.5, 0.6) is 5.75 Å². The van der Waals surface area contributed by atoms with Crippen LogP contribution in [0.1, 0.15) is 16.1 Å². The molecular formula is C15H19Cl2N7O2. The topological polar surface area (TPSA) is 155 Å². The van der Waals surface area contributed by atoms with E-state index >= 15 is 0 Å². The van der Waals surface area contributed by atoms with Crippen LogP contribution in [0.15, 0.2) is 29.3 Å². The monoisotopic (exact) mass is 399 g/mol. The molecule has 1 amide bonds. The van der Waals surface area contributed by atoms with E-state index in [-0.39, 0.29) is 34.9 Å². The number of carbonyl (C=O) groups is 1. The standard InChI is InChI=1S/C15H18ClN7O2.ClH/c1-25-9-4-2-8(3-5-9)6-7-20-13-11(16)21-10(12(17)22-13)14(24)23-15(18)19;/h2-5H,6-7H2,1H3,(H3,17,20,22)(H4,18,19,23,24);1H. The maximum atomic E-state index is 11.8. The Kier molecular flexibility index (Phi) is 7.88. The molecule has 7 N–H and O–H groups in total. The molecule has 2 rings (SSSR count). The van der Waals surface area contributed by atoms with Crippen molar-refractivity contribution in [2.75, 3.05) is 24.7 Å². The predicted molar refractivity (Wildman–Crippen MR) is 104 cm³/mol. The lowest BCUT2D eigenvalue weighted by Gasteiger charge is -2.09. The number of hydrogen-bond donors (Lipinski definition) is 4. The number of nitrogens with two attached hydrogens (primary N) is 3. The van der Waals surface area contributed by atoms with Crippen LogP contribution >= 0.6 is 24.0 Å². The number of halogens is 2. The summed E-state index contributed by atoms with van der Waals surface area (Å²) in [5.74, 6) is -0.264. The Morgan fingerprint density at radius 3 is 2.50 bits per heavy atom. The van der Waals surface area contributed by atoms with Crippen LogP contribution < -0.4 is 27.3 Å². The molecule has 0 saturated carbocycles. The third-order valence-corrected chi connectivity index (χ3v) is 3.44. The molecule has 140 valence electrons. The lowest BCUT2D eigenvalue weighted by Crippen LogP contribution is -2.25. The number of aliphatic imine (C=N–C) groups is 1. The van der Waals surface area contributed by atoms with Gasteiger partial charge in [-0.2, -0.15) is 4.99 Å². The Morgan fingerprint density at radius 2 is 1.92 bits per heavy atom. The van der Waals surface area contributed by atoms with Gasteiger partial charge in [0.1, 0.15) is 5.75 Å². The third kappa shape index (κ3) is 5.64. The number of nitrogens with zero attached hydrogens (tertiary/aromatic N) is 3. The quantitative estimate of drug-likeness (QED) is 0.417. The van der Waals surface area contributed by atoms with Gasteiger partial charge < -0.3 is 27.3 Å². The molecule has 0 unspecified atom stereocenters. The van der Waals surface area contributed by atoms with Gasteiger partial charge in [0, 0.05) is 6.54 Å². The van der Waals surface area contributed by atoms with Gasteiger partial charge >= 0.3 is 5.91 Å². The van der Waals surface area contributed by atoms with Crippen LogP contribution in [-0.4, -0.2) is 35.5 Å². The molecule has 0 aliphatic carbocycles. The number of rotatable bonds is 6. The Hall–Kier alpha value is -2.78. The lowest BCUT2D eigenvalue weighted by atomic mass is 10.1. The Balaban J connectivity index is 0.00000338. The number of guanidine groups is 1. The molecule has 1 heterocycles. The van der Waals surface area contributed by atoms with E-state index in [0.717, 1.165) is 17.7 Å². The van der Waals surface area contributed by atoms with E-state index in [1.165, 1.54) is 0 Å². The summed E-state index contributed by atoms with van der Waals surface area (Å²) in [6.45, 7) is 0.543. The average Bonchev–Trinajstić information content (AvgIpc) is 2.57. The number of aromatic nitrogens is 2. The minimum atomic E-state index is -0.809. The maximum Gasteiger partial charge on any atom is 0.302 e. The van der Waals surface area contributed by atoms with Crippen molar-refractivity contribution in [2.45, 2.75) is 6.42 Å². The molecule has 26 heavy (non-hydrogen) atoms. The molecule has 0 saturated heterocycles. The fourth-order valence-corrected chi connectivity index (χ4v) is 2.18. The number of nitrogen functional groups attached to an aromatic ring is 1. The number of hydrogen-bond acceptors (Lipinski definition) is 6. The minimum absolute atomic E-state index is 0. The fraction of sp³-hybridized carbons (Fsp3) is 0.200. The zero-order valence-electron chi connectivity index (χ0n) is 13.9. The highest BCUT2D eigenvalue weighted by Gasteiger charge is 2.16. The molecule has 2 aromatic rings. The first-order chi connectivity index (χ1) is 11.9. The van der Waals surface area contributed by atoms with Gasteiger partial charge in [-0.1, -0.05) is 23.7 Å². The summed E-state index contributed by atoms with van der Waals surface area (Å²) >= 11 is 6.03. The highest BCUT2D eigenvalue weighted by Crippen LogP contribution is 2.21. The summed E-state index contributed by atoms with van der Waals surface area (Å²) in [5, 5.41) is 3.02. The van der Waals surface area contributed by atoms with Crippen LogP contribution in [0.2, 0.25) is 5.15 Å². The smallest absolute Gasteiger partial charge is 0.302 e. The van der Waals surface area contributed by atoms with Crippen LogP contribution in [0.25, 0.3) is 0 Å². The van der Waals surface area contributed by atoms with Gasteiger partial charge in [0.2, 0.25) is 0 Å². The zero-order chi connectivity index (χ0) is 18.4. The Bertz CT molecular complexity index is 793. The molecule has 0 radical (unpaired) electrons. The van der Waals surface area contributed by atoms with Crippen molar-refractivity contribution in [3.8, 4) is 5.75 Å². The number of benzene rings is 1. The molecule has 9 nitrogen and oxygen atoms in total. The van der Waals surface area contributed by atoms with E-state index in [1.54, 1.807) is 7.11 Å². The first-order valence-corrected chi connectivity index (χ1v) is 7.62. The second kappa shape index (κ2) is 9.64. The lowest BCUT2D eigenvalue weighted by molar-refractivity contribution is 0.0998. The second-order valence-corrected chi connectivity index (χ2v) is 5.32. The van der Waals surface area contributed by atoms with Crippen molar-refractivity contribution in [3.63, 3.8) is 0 Å². The Morgan fingerprint density at radius 1 is 1.27 bits per heavy atom. The summed E-state index contributed by atoms with van der Waals surface area (Å²) in [6.07, 6.45) is 0.719. The summed E-state index contributed by atoms with van der Waals surface area (Å²) in [7, 11) is 1.61. The molecule has 0 bridgehead atoms. The third-order valence-electron chi connectivity index (χ3n) is 3.18. The Labute approximate surface area is 161 Å². The predicted octanol–water partition coefficient (Wildman–Crippen LogP) is 1.21. The van der Waals surface area contributed by atoms with Crippen molar-refractivity contribution in [1.29, 1.82) is 0 Å². The molecule has 0 aliphatic heterocycles. The van der Waals surface area contributed by atoms with E-state index in [4.69, 9.17) is 33.5 Å². The molecule has 0 fully saturated rings. The van der Waals surface area contributed by atoms with Crippen molar-refractivity contribution >= 4 is 47.5 Å². The van der Waals surface area contributed by atoms with Crippen molar-refractivity contribution in [3.05, 3.63) is 40.7 Å². The minimum Gasteiger partial charge on any atom is -0.497 e. The maximum absolute atomic E-state index is 11.8. The highest BCUT2D eigenvalue weighted by molar-refractivity contribution is 6.32. The highest BCUT2D eigenvalue weighted by atomic mass is 35.5. The summed E-state index contributed by atoms with van der Waals surface area (Å²) in [5.41, 5.74) is 16.9. The van der Waals surface area contributed by atoms with E-state index in [2.05, 4.69) is 20.3 Å². The zero-order valence-corrected chi connectivity index (χ0v) is 15.5. The number of amides is 1. The van der Waals surface area contributed by atoms with E-state index in [0.29, 0.717) is 6.54 Å². The molecule has 0 spiro atoms. The first-order valence-electron chi connectivity index (χ1n) is 7.24. The van der Waals surface area contributed by atoms with Gasteiger partial charge in [0.25, 0.3) is 0 Å². The van der Waals surface area contributed by atoms with Crippen LogP contribution in [0.4, 0.5) is 11.6 Å². The second-order valence-electron chi connectivity index (χ2n) is 4.96. The number of ether oxygens (including phenoxy) is 1. The summed E-state index contributed by atoms with van der Waals surface area (Å²) < 4.78 is 5.11. The average molecular weight is 400 g/mol. The molecule has 1 aromatic carbocycles.